The number of ether oxygens (including phenoxy) is 1. The maximum Gasteiger partial charge on any atom is 0.140 e. The van der Waals surface area contributed by atoms with Crippen molar-refractivity contribution >= 4 is 28.8 Å². The van der Waals surface area contributed by atoms with Gasteiger partial charge >= 0.3 is 0 Å². The van der Waals surface area contributed by atoms with Crippen LogP contribution < -0.4 is 10.5 Å². The summed E-state index contributed by atoms with van der Waals surface area (Å²) in [5.74, 6) is 0.550. The lowest BCUT2D eigenvalue weighted by Crippen LogP contribution is -2.10. The SMILES string of the molecule is Cc1csc(COc2ccc(C(=N)N)cc2Cl)n1. The third-order valence-corrected chi connectivity index (χ3v) is 3.50. The van der Waals surface area contributed by atoms with Crippen LogP contribution in [-0.2, 0) is 6.61 Å². The molecule has 2 aromatic rings. The van der Waals surface area contributed by atoms with E-state index in [0.717, 1.165) is 10.7 Å². The molecule has 0 saturated heterocycles. The Kier molecular flexibility index (Phi) is 3.84. The number of amidine groups is 1. The molecule has 0 amide bonds. The van der Waals surface area contributed by atoms with Crippen molar-refractivity contribution in [2.24, 2.45) is 5.73 Å². The molecular formula is C12H12ClN3OS. The number of aryl methyl sites for hydroxylation is 1. The van der Waals surface area contributed by atoms with Crippen LogP contribution in [0.4, 0.5) is 0 Å². The minimum absolute atomic E-state index is 0.0148. The highest BCUT2D eigenvalue weighted by atomic mass is 35.5. The summed E-state index contributed by atoms with van der Waals surface area (Å²) in [6, 6.07) is 5.03. The summed E-state index contributed by atoms with van der Waals surface area (Å²) >= 11 is 7.60. The Morgan fingerprint density at radius 1 is 1.56 bits per heavy atom. The Hall–Kier alpha value is -1.59. The van der Waals surface area contributed by atoms with E-state index < -0.39 is 0 Å². The van der Waals surface area contributed by atoms with Gasteiger partial charge in [0, 0.05) is 16.6 Å². The van der Waals surface area contributed by atoms with Gasteiger partial charge in [-0.25, -0.2) is 4.98 Å². The predicted molar refractivity (Wildman–Crippen MR) is 73.7 cm³/mol. The number of nitrogens with one attached hydrogen (secondary N) is 1. The van der Waals surface area contributed by atoms with Gasteiger partial charge < -0.3 is 10.5 Å². The summed E-state index contributed by atoms with van der Waals surface area (Å²) in [4.78, 5) is 4.30. The second-order valence-electron chi connectivity index (χ2n) is 3.73. The Balaban J connectivity index is 2.08. The fourth-order valence-corrected chi connectivity index (χ4v) is 2.31. The minimum Gasteiger partial charge on any atom is -0.485 e. The summed E-state index contributed by atoms with van der Waals surface area (Å²) in [5.41, 5.74) is 6.94. The standard InChI is InChI=1S/C12H12ClN3OS/c1-7-6-18-11(16-7)5-17-10-3-2-8(12(14)15)4-9(10)13/h2-4,6H,5H2,1H3,(H3,14,15). The maximum atomic E-state index is 7.31. The molecule has 0 atom stereocenters. The van der Waals surface area contributed by atoms with E-state index in [1.165, 1.54) is 0 Å². The highest BCUT2D eigenvalue weighted by molar-refractivity contribution is 7.09. The van der Waals surface area contributed by atoms with Crippen LogP contribution in [0.2, 0.25) is 5.02 Å². The van der Waals surface area contributed by atoms with Crippen molar-refractivity contribution in [3.63, 3.8) is 0 Å². The number of nitrogens with zero attached hydrogens (tertiary/aromatic N) is 1. The third kappa shape index (κ3) is 3.00. The lowest BCUT2D eigenvalue weighted by Gasteiger charge is -2.07. The Bertz CT molecular complexity index is 582. The van der Waals surface area contributed by atoms with Crippen LogP contribution in [0.25, 0.3) is 0 Å². The van der Waals surface area contributed by atoms with Gasteiger partial charge in [-0.1, -0.05) is 11.6 Å². The number of benzene rings is 1. The molecule has 0 aliphatic heterocycles. The molecule has 4 nitrogen and oxygen atoms in total. The van der Waals surface area contributed by atoms with E-state index in [9.17, 15) is 0 Å². The van der Waals surface area contributed by atoms with E-state index in [1.54, 1.807) is 29.5 Å². The molecule has 0 aliphatic rings. The zero-order valence-corrected chi connectivity index (χ0v) is 11.3. The van der Waals surface area contributed by atoms with Crippen molar-refractivity contribution in [2.45, 2.75) is 13.5 Å². The third-order valence-electron chi connectivity index (χ3n) is 2.26. The van der Waals surface area contributed by atoms with E-state index in [-0.39, 0.29) is 5.84 Å². The molecule has 1 aromatic carbocycles. The Morgan fingerprint density at radius 2 is 2.33 bits per heavy atom. The monoisotopic (exact) mass is 281 g/mol. The number of hydrogen-bond acceptors (Lipinski definition) is 4. The Morgan fingerprint density at radius 3 is 2.89 bits per heavy atom. The van der Waals surface area contributed by atoms with Crippen molar-refractivity contribution in [3.8, 4) is 5.75 Å². The zero-order chi connectivity index (χ0) is 13.1. The molecule has 94 valence electrons. The topological polar surface area (TPSA) is 72.0 Å². The van der Waals surface area contributed by atoms with Gasteiger partial charge in [0.1, 0.15) is 23.2 Å². The average Bonchev–Trinajstić information content (AvgIpc) is 2.73. The zero-order valence-electron chi connectivity index (χ0n) is 9.74. The minimum atomic E-state index is -0.0148. The first-order valence-corrected chi connectivity index (χ1v) is 6.50. The first-order valence-electron chi connectivity index (χ1n) is 5.24. The Labute approximate surface area is 114 Å². The number of rotatable bonds is 4. The summed E-state index contributed by atoms with van der Waals surface area (Å²) in [6.07, 6.45) is 0. The second kappa shape index (κ2) is 5.37. The average molecular weight is 282 g/mol. The van der Waals surface area contributed by atoms with Crippen LogP contribution in [0.3, 0.4) is 0 Å². The molecule has 0 radical (unpaired) electrons. The van der Waals surface area contributed by atoms with Crippen LogP contribution in [0.1, 0.15) is 16.3 Å². The molecule has 0 fully saturated rings. The van der Waals surface area contributed by atoms with E-state index in [4.69, 9.17) is 27.5 Å². The summed E-state index contributed by atoms with van der Waals surface area (Å²) < 4.78 is 5.58. The van der Waals surface area contributed by atoms with Crippen molar-refractivity contribution in [1.29, 1.82) is 5.41 Å². The lowest BCUT2D eigenvalue weighted by molar-refractivity contribution is 0.305. The van der Waals surface area contributed by atoms with E-state index in [1.807, 2.05) is 12.3 Å². The van der Waals surface area contributed by atoms with Crippen LogP contribution in [0, 0.1) is 12.3 Å². The number of aromatic nitrogens is 1. The first kappa shape index (κ1) is 12.9. The normalized spacial score (nSPS) is 10.3. The van der Waals surface area contributed by atoms with Gasteiger partial charge in [-0.2, -0.15) is 0 Å². The van der Waals surface area contributed by atoms with Crippen molar-refractivity contribution in [3.05, 3.63) is 44.9 Å². The molecule has 2 rings (SSSR count). The molecule has 0 bridgehead atoms. The number of thiazole rings is 1. The molecule has 1 heterocycles. The van der Waals surface area contributed by atoms with Crippen LogP contribution in [-0.4, -0.2) is 10.8 Å². The quantitative estimate of drug-likeness (QED) is 0.668. The molecule has 0 aliphatic carbocycles. The molecule has 0 saturated carbocycles. The van der Waals surface area contributed by atoms with E-state index in [2.05, 4.69) is 4.98 Å². The van der Waals surface area contributed by atoms with E-state index in [0.29, 0.717) is 22.9 Å². The van der Waals surface area contributed by atoms with Gasteiger partial charge in [0.2, 0.25) is 0 Å². The molecular weight excluding hydrogens is 270 g/mol. The maximum absolute atomic E-state index is 7.31. The fraction of sp³-hybridized carbons (Fsp3) is 0.167. The van der Waals surface area contributed by atoms with Crippen molar-refractivity contribution < 1.29 is 4.74 Å². The van der Waals surface area contributed by atoms with Gasteiger partial charge in [-0.3, -0.25) is 5.41 Å². The van der Waals surface area contributed by atoms with Crippen LogP contribution >= 0.6 is 22.9 Å². The summed E-state index contributed by atoms with van der Waals surface area (Å²) in [7, 11) is 0. The lowest BCUT2D eigenvalue weighted by atomic mass is 10.2. The molecule has 0 unspecified atom stereocenters. The molecule has 3 N–H and O–H groups in total. The fourth-order valence-electron chi connectivity index (χ4n) is 1.39. The molecule has 6 heteroatoms. The molecule has 18 heavy (non-hydrogen) atoms. The first-order chi connectivity index (χ1) is 8.56. The van der Waals surface area contributed by atoms with Crippen molar-refractivity contribution in [1.82, 2.24) is 4.98 Å². The number of nitrogen functional groups attached to an aromatic ring is 1. The van der Waals surface area contributed by atoms with Gasteiger partial charge in [0.05, 0.1) is 5.02 Å². The van der Waals surface area contributed by atoms with Gasteiger partial charge in [-0.05, 0) is 25.1 Å². The largest absolute Gasteiger partial charge is 0.485 e. The number of hydrogen-bond donors (Lipinski definition) is 2. The highest BCUT2D eigenvalue weighted by Crippen LogP contribution is 2.26. The molecule has 0 spiro atoms. The summed E-state index contributed by atoms with van der Waals surface area (Å²) in [5, 5.41) is 10.6. The number of halogens is 1. The van der Waals surface area contributed by atoms with Crippen molar-refractivity contribution in [2.75, 3.05) is 0 Å². The summed E-state index contributed by atoms with van der Waals surface area (Å²) in [6.45, 7) is 2.33. The van der Waals surface area contributed by atoms with Gasteiger partial charge in [0.25, 0.3) is 0 Å². The number of nitrogens with two attached hydrogens (primary N) is 1. The van der Waals surface area contributed by atoms with Crippen LogP contribution in [0.15, 0.2) is 23.6 Å². The predicted octanol–water partition coefficient (Wildman–Crippen LogP) is 2.97. The smallest absolute Gasteiger partial charge is 0.140 e. The van der Waals surface area contributed by atoms with Gasteiger partial charge in [0.15, 0.2) is 0 Å². The highest BCUT2D eigenvalue weighted by Gasteiger charge is 2.06. The molecule has 1 aromatic heterocycles. The van der Waals surface area contributed by atoms with E-state index >= 15 is 0 Å². The van der Waals surface area contributed by atoms with Crippen LogP contribution in [0.5, 0.6) is 5.75 Å². The van der Waals surface area contributed by atoms with Gasteiger partial charge in [-0.15, -0.1) is 11.3 Å². The second-order valence-corrected chi connectivity index (χ2v) is 5.08.